The molecule has 1 unspecified atom stereocenters. The van der Waals surface area contributed by atoms with Crippen LogP contribution in [0.3, 0.4) is 0 Å². The molecule has 0 saturated heterocycles. The van der Waals surface area contributed by atoms with Gasteiger partial charge in [0.2, 0.25) is 5.91 Å². The van der Waals surface area contributed by atoms with Crippen molar-refractivity contribution in [3.63, 3.8) is 0 Å². The summed E-state index contributed by atoms with van der Waals surface area (Å²) in [4.78, 5) is 28.9. The molecule has 29 heavy (non-hydrogen) atoms. The lowest BCUT2D eigenvalue weighted by atomic mass is 9.96. The van der Waals surface area contributed by atoms with Crippen LogP contribution in [0.1, 0.15) is 89.1 Å². The highest BCUT2D eigenvalue weighted by atomic mass is 19.1. The minimum atomic E-state index is -1.71. The van der Waals surface area contributed by atoms with Crippen molar-refractivity contribution in [3.05, 3.63) is 27.2 Å². The zero-order valence-electron chi connectivity index (χ0n) is 18.7. The standard InChI is InChI=1S/C22H37FN4O2/c1-6-8-9-14-27(13-7-2)18(28)12-15-26(5)17-11-10-16-19(22(3,4)23)21(29)25-24-20(16)17/h17H,6-15H2,1-5H3,(H,25,29). The summed E-state index contributed by atoms with van der Waals surface area (Å²) >= 11 is 0. The number of aromatic amines is 1. The molecule has 1 heterocycles. The van der Waals surface area contributed by atoms with Crippen LogP contribution in [0.15, 0.2) is 4.79 Å². The number of hydrogen-bond donors (Lipinski definition) is 1. The van der Waals surface area contributed by atoms with Crippen LogP contribution in [0.4, 0.5) is 4.39 Å². The van der Waals surface area contributed by atoms with Crippen molar-refractivity contribution >= 4 is 5.91 Å². The van der Waals surface area contributed by atoms with Crippen LogP contribution >= 0.6 is 0 Å². The van der Waals surface area contributed by atoms with Crippen molar-refractivity contribution in [1.29, 1.82) is 0 Å². The molecule has 1 N–H and O–H groups in total. The number of nitrogens with zero attached hydrogens (tertiary/aromatic N) is 3. The normalized spacial score (nSPS) is 16.3. The van der Waals surface area contributed by atoms with E-state index in [-0.39, 0.29) is 17.5 Å². The van der Waals surface area contributed by atoms with Crippen LogP contribution in [0.25, 0.3) is 0 Å². The van der Waals surface area contributed by atoms with Crippen molar-refractivity contribution in [1.82, 2.24) is 20.0 Å². The summed E-state index contributed by atoms with van der Waals surface area (Å²) in [6.07, 6.45) is 6.17. The van der Waals surface area contributed by atoms with Crippen molar-refractivity contribution in [2.75, 3.05) is 26.7 Å². The summed E-state index contributed by atoms with van der Waals surface area (Å²) in [5.41, 5.74) is -0.481. The van der Waals surface area contributed by atoms with Crippen LogP contribution in [0.5, 0.6) is 0 Å². The SMILES string of the molecule is CCCCCN(CCC)C(=O)CCN(C)C1CCc2c1n[nH]c(=O)c2C(C)(C)F. The Labute approximate surface area is 173 Å². The number of rotatable bonds is 11. The van der Waals surface area contributed by atoms with Gasteiger partial charge in [-0.25, -0.2) is 9.49 Å². The molecule has 7 heteroatoms. The van der Waals surface area contributed by atoms with E-state index in [9.17, 15) is 14.0 Å². The smallest absolute Gasteiger partial charge is 0.270 e. The van der Waals surface area contributed by atoms with E-state index in [0.29, 0.717) is 19.4 Å². The van der Waals surface area contributed by atoms with Gasteiger partial charge < -0.3 is 4.90 Å². The fourth-order valence-electron chi connectivity index (χ4n) is 4.27. The molecule has 6 nitrogen and oxygen atoms in total. The Morgan fingerprint density at radius 3 is 2.55 bits per heavy atom. The summed E-state index contributed by atoms with van der Waals surface area (Å²) in [5, 5.41) is 6.71. The van der Waals surface area contributed by atoms with E-state index in [1.165, 1.54) is 13.8 Å². The van der Waals surface area contributed by atoms with Gasteiger partial charge in [-0.1, -0.05) is 26.7 Å². The molecule has 1 aliphatic carbocycles. The van der Waals surface area contributed by atoms with Crippen LogP contribution in [0.2, 0.25) is 0 Å². The van der Waals surface area contributed by atoms with Crippen molar-refractivity contribution in [2.24, 2.45) is 0 Å². The van der Waals surface area contributed by atoms with Crippen molar-refractivity contribution in [2.45, 2.75) is 84.4 Å². The molecule has 1 aliphatic rings. The third-order valence-electron chi connectivity index (χ3n) is 5.78. The molecule has 0 spiro atoms. The number of unbranched alkanes of at least 4 members (excludes halogenated alkanes) is 2. The van der Waals surface area contributed by atoms with Crippen molar-refractivity contribution in [3.8, 4) is 0 Å². The van der Waals surface area contributed by atoms with Gasteiger partial charge in [0.05, 0.1) is 17.3 Å². The highest BCUT2D eigenvalue weighted by Gasteiger charge is 2.36. The maximum absolute atomic E-state index is 14.6. The maximum atomic E-state index is 14.6. The molecule has 1 amide bonds. The monoisotopic (exact) mass is 408 g/mol. The van der Waals surface area contributed by atoms with Crippen LogP contribution in [-0.2, 0) is 16.9 Å². The molecule has 0 aliphatic heterocycles. The van der Waals surface area contributed by atoms with E-state index in [1.54, 1.807) is 0 Å². The van der Waals surface area contributed by atoms with Gasteiger partial charge in [0.15, 0.2) is 0 Å². The Hall–Kier alpha value is -1.76. The van der Waals surface area contributed by atoms with E-state index >= 15 is 0 Å². The zero-order chi connectivity index (χ0) is 21.6. The third kappa shape index (κ3) is 5.87. The quantitative estimate of drug-likeness (QED) is 0.567. The average Bonchev–Trinajstić information content (AvgIpc) is 3.07. The van der Waals surface area contributed by atoms with E-state index in [2.05, 4.69) is 28.9 Å². The average molecular weight is 409 g/mol. The van der Waals surface area contributed by atoms with Gasteiger partial charge in [0.1, 0.15) is 5.67 Å². The summed E-state index contributed by atoms with van der Waals surface area (Å²) in [7, 11) is 1.97. The molecule has 0 aromatic carbocycles. The number of halogens is 1. The van der Waals surface area contributed by atoms with Gasteiger partial charge in [-0.3, -0.25) is 14.5 Å². The topological polar surface area (TPSA) is 69.3 Å². The number of carbonyl (C=O) groups is 1. The largest absolute Gasteiger partial charge is 0.343 e. The molecule has 1 atom stereocenters. The Bertz CT molecular complexity index is 741. The summed E-state index contributed by atoms with van der Waals surface area (Å²) < 4.78 is 14.6. The molecular weight excluding hydrogens is 371 g/mol. The van der Waals surface area contributed by atoms with Crippen LogP contribution in [-0.4, -0.2) is 52.6 Å². The fraction of sp³-hybridized carbons (Fsp3) is 0.773. The number of nitrogens with one attached hydrogen (secondary N) is 1. The number of carbonyl (C=O) groups excluding carboxylic acids is 1. The third-order valence-corrected chi connectivity index (χ3v) is 5.78. The molecule has 0 saturated carbocycles. The maximum Gasteiger partial charge on any atom is 0.270 e. The summed E-state index contributed by atoms with van der Waals surface area (Å²) in [6, 6.07) is -0.00420. The predicted molar refractivity (Wildman–Crippen MR) is 114 cm³/mol. The molecule has 2 rings (SSSR count). The Balaban J connectivity index is 2.04. The molecule has 1 aromatic heterocycles. The van der Waals surface area contributed by atoms with Gasteiger partial charge in [0.25, 0.3) is 5.56 Å². The van der Waals surface area contributed by atoms with Gasteiger partial charge in [0, 0.05) is 26.1 Å². The lowest BCUT2D eigenvalue weighted by Gasteiger charge is -2.27. The molecule has 0 radical (unpaired) electrons. The molecule has 0 fully saturated rings. The van der Waals surface area contributed by atoms with Crippen molar-refractivity contribution < 1.29 is 9.18 Å². The van der Waals surface area contributed by atoms with Gasteiger partial charge >= 0.3 is 0 Å². The Morgan fingerprint density at radius 1 is 1.21 bits per heavy atom. The number of hydrogen-bond acceptors (Lipinski definition) is 4. The second-order valence-electron chi connectivity index (χ2n) is 8.64. The lowest BCUT2D eigenvalue weighted by Crippen LogP contribution is -2.36. The van der Waals surface area contributed by atoms with E-state index in [1.807, 2.05) is 11.9 Å². The number of alkyl halides is 1. The molecular formula is C22H37FN4O2. The number of H-pyrrole nitrogens is 1. The molecule has 1 aromatic rings. The minimum absolute atomic E-state index is 0.00420. The van der Waals surface area contributed by atoms with Gasteiger partial charge in [-0.15, -0.1) is 0 Å². The lowest BCUT2D eigenvalue weighted by molar-refractivity contribution is -0.131. The molecule has 0 bridgehead atoms. The number of amides is 1. The Morgan fingerprint density at radius 2 is 1.93 bits per heavy atom. The van der Waals surface area contributed by atoms with Gasteiger partial charge in [-0.05, 0) is 52.1 Å². The zero-order valence-corrected chi connectivity index (χ0v) is 18.7. The van der Waals surface area contributed by atoms with E-state index in [0.717, 1.165) is 56.5 Å². The Kier molecular flexibility index (Phi) is 8.37. The first-order chi connectivity index (χ1) is 13.7. The summed E-state index contributed by atoms with van der Waals surface area (Å²) in [6.45, 7) is 9.33. The second-order valence-corrected chi connectivity index (χ2v) is 8.64. The predicted octanol–water partition coefficient (Wildman–Crippen LogP) is 3.71. The van der Waals surface area contributed by atoms with E-state index < -0.39 is 11.2 Å². The second kappa shape index (κ2) is 10.3. The molecule has 164 valence electrons. The minimum Gasteiger partial charge on any atom is -0.343 e. The first-order valence-corrected chi connectivity index (χ1v) is 11.0. The number of fused-ring (bicyclic) bond motifs is 1. The highest BCUT2D eigenvalue weighted by molar-refractivity contribution is 5.76. The van der Waals surface area contributed by atoms with Crippen LogP contribution in [0, 0.1) is 0 Å². The van der Waals surface area contributed by atoms with Gasteiger partial charge in [-0.2, -0.15) is 5.10 Å². The number of aromatic nitrogens is 2. The summed E-state index contributed by atoms with van der Waals surface area (Å²) in [5.74, 6) is 0.188. The highest BCUT2D eigenvalue weighted by Crippen LogP contribution is 2.37. The van der Waals surface area contributed by atoms with Crippen LogP contribution < -0.4 is 5.56 Å². The first kappa shape index (κ1) is 23.5. The fourth-order valence-corrected chi connectivity index (χ4v) is 4.27. The van der Waals surface area contributed by atoms with E-state index in [4.69, 9.17) is 0 Å². The first-order valence-electron chi connectivity index (χ1n) is 11.0.